The third kappa shape index (κ3) is 3.15. The molecular formula is C17H17N3O3. The molecule has 0 aliphatic carbocycles. The Balaban J connectivity index is 1.83. The minimum atomic E-state index is -0.271. The summed E-state index contributed by atoms with van der Waals surface area (Å²) in [4.78, 5) is 30.2. The maximum Gasteiger partial charge on any atom is 0.257 e. The molecule has 23 heavy (non-hydrogen) atoms. The summed E-state index contributed by atoms with van der Waals surface area (Å²) < 4.78 is 4.99. The summed E-state index contributed by atoms with van der Waals surface area (Å²) >= 11 is 0. The summed E-state index contributed by atoms with van der Waals surface area (Å²) in [6, 6.07) is 10.5. The SMILES string of the molecule is COc1ccc(NC(=O)c2ccccc2N2CCCC2=O)cn1. The van der Waals surface area contributed by atoms with Gasteiger partial charge in [-0.2, -0.15) is 0 Å². The second-order valence-electron chi connectivity index (χ2n) is 5.21. The molecule has 0 bridgehead atoms. The van der Waals surface area contributed by atoms with Gasteiger partial charge in [0.2, 0.25) is 11.8 Å². The zero-order chi connectivity index (χ0) is 16.2. The first-order valence-corrected chi connectivity index (χ1v) is 7.40. The fourth-order valence-corrected chi connectivity index (χ4v) is 2.58. The molecule has 0 radical (unpaired) electrons. The number of aromatic nitrogens is 1. The lowest BCUT2D eigenvalue weighted by Gasteiger charge is -2.19. The zero-order valence-electron chi connectivity index (χ0n) is 12.8. The van der Waals surface area contributed by atoms with Gasteiger partial charge in [-0.25, -0.2) is 4.98 Å². The molecule has 0 atom stereocenters. The van der Waals surface area contributed by atoms with Crippen LogP contribution in [0.25, 0.3) is 0 Å². The van der Waals surface area contributed by atoms with Gasteiger partial charge in [0.05, 0.1) is 30.2 Å². The van der Waals surface area contributed by atoms with Gasteiger partial charge in [-0.05, 0) is 24.6 Å². The van der Waals surface area contributed by atoms with Crippen molar-refractivity contribution in [2.24, 2.45) is 0 Å². The van der Waals surface area contributed by atoms with Gasteiger partial charge >= 0.3 is 0 Å². The standard InChI is InChI=1S/C17H17N3O3/c1-23-15-9-8-12(11-18-15)19-17(22)13-5-2-3-6-14(13)20-10-4-7-16(20)21/h2-3,5-6,8-9,11H,4,7,10H2,1H3,(H,19,22). The Bertz CT molecular complexity index is 728. The van der Waals surface area contributed by atoms with Crippen molar-refractivity contribution in [2.75, 3.05) is 23.9 Å². The Kier molecular flexibility index (Phi) is 4.23. The number of ether oxygens (including phenoxy) is 1. The average Bonchev–Trinajstić information content (AvgIpc) is 3.01. The van der Waals surface area contributed by atoms with Gasteiger partial charge < -0.3 is 15.0 Å². The van der Waals surface area contributed by atoms with Gasteiger partial charge in [0, 0.05) is 19.0 Å². The lowest BCUT2D eigenvalue weighted by Crippen LogP contribution is -2.27. The maximum absolute atomic E-state index is 12.5. The Labute approximate surface area is 134 Å². The topological polar surface area (TPSA) is 71.5 Å². The number of pyridine rings is 1. The van der Waals surface area contributed by atoms with Crippen molar-refractivity contribution < 1.29 is 14.3 Å². The lowest BCUT2D eigenvalue weighted by molar-refractivity contribution is -0.117. The molecule has 0 saturated carbocycles. The predicted octanol–water partition coefficient (Wildman–Crippen LogP) is 2.47. The van der Waals surface area contributed by atoms with Gasteiger partial charge in [-0.3, -0.25) is 9.59 Å². The molecule has 3 rings (SSSR count). The third-order valence-electron chi connectivity index (χ3n) is 3.72. The number of benzene rings is 1. The zero-order valence-corrected chi connectivity index (χ0v) is 12.8. The molecule has 1 saturated heterocycles. The number of hydrogen-bond acceptors (Lipinski definition) is 4. The van der Waals surface area contributed by atoms with Crippen LogP contribution in [0.2, 0.25) is 0 Å². The fraction of sp³-hybridized carbons (Fsp3) is 0.235. The number of carbonyl (C=O) groups excluding carboxylic acids is 2. The minimum absolute atomic E-state index is 0.0522. The first-order chi connectivity index (χ1) is 11.2. The van der Waals surface area contributed by atoms with Gasteiger partial charge in [0.1, 0.15) is 0 Å². The van der Waals surface area contributed by atoms with E-state index in [2.05, 4.69) is 10.3 Å². The Morgan fingerprint density at radius 1 is 1.26 bits per heavy atom. The summed E-state index contributed by atoms with van der Waals surface area (Å²) in [5, 5.41) is 2.79. The largest absolute Gasteiger partial charge is 0.481 e. The monoisotopic (exact) mass is 311 g/mol. The molecule has 2 aromatic rings. The molecule has 6 heteroatoms. The summed E-state index contributed by atoms with van der Waals surface area (Å²) in [5.74, 6) is 0.259. The van der Waals surface area contributed by atoms with E-state index in [9.17, 15) is 9.59 Å². The Hall–Kier alpha value is -2.89. The van der Waals surface area contributed by atoms with Crippen molar-refractivity contribution in [3.8, 4) is 5.88 Å². The number of nitrogens with one attached hydrogen (secondary N) is 1. The summed E-state index contributed by atoms with van der Waals surface area (Å²) in [5.41, 5.74) is 1.69. The Morgan fingerprint density at radius 3 is 2.74 bits per heavy atom. The Morgan fingerprint density at radius 2 is 2.09 bits per heavy atom. The average molecular weight is 311 g/mol. The number of rotatable bonds is 4. The molecule has 2 heterocycles. The van der Waals surface area contributed by atoms with Crippen LogP contribution in [-0.2, 0) is 4.79 Å². The third-order valence-corrected chi connectivity index (χ3v) is 3.72. The van der Waals surface area contributed by atoms with Crippen molar-refractivity contribution in [1.29, 1.82) is 0 Å². The highest BCUT2D eigenvalue weighted by atomic mass is 16.5. The molecule has 2 amide bonds. The summed E-state index contributed by atoms with van der Waals surface area (Å²) in [7, 11) is 1.53. The fourth-order valence-electron chi connectivity index (χ4n) is 2.58. The molecule has 1 aliphatic heterocycles. The van der Waals surface area contributed by atoms with E-state index < -0.39 is 0 Å². The number of methoxy groups -OCH3 is 1. The van der Waals surface area contributed by atoms with E-state index in [0.717, 1.165) is 6.42 Å². The van der Waals surface area contributed by atoms with E-state index in [4.69, 9.17) is 4.74 Å². The van der Waals surface area contributed by atoms with Crippen LogP contribution in [0, 0.1) is 0 Å². The number of para-hydroxylation sites is 1. The van der Waals surface area contributed by atoms with Crippen molar-refractivity contribution in [1.82, 2.24) is 4.98 Å². The quantitative estimate of drug-likeness (QED) is 0.941. The van der Waals surface area contributed by atoms with E-state index in [1.54, 1.807) is 35.2 Å². The second-order valence-corrected chi connectivity index (χ2v) is 5.21. The first-order valence-electron chi connectivity index (χ1n) is 7.40. The highest BCUT2D eigenvalue weighted by Gasteiger charge is 2.25. The second kappa shape index (κ2) is 6.48. The van der Waals surface area contributed by atoms with Crippen molar-refractivity contribution in [3.63, 3.8) is 0 Å². The highest BCUT2D eigenvalue weighted by Crippen LogP contribution is 2.26. The number of amides is 2. The van der Waals surface area contributed by atoms with E-state index in [1.807, 2.05) is 6.07 Å². The van der Waals surface area contributed by atoms with Gasteiger partial charge in [-0.15, -0.1) is 0 Å². The number of hydrogen-bond donors (Lipinski definition) is 1. The lowest BCUT2D eigenvalue weighted by atomic mass is 10.1. The molecule has 1 aromatic heterocycles. The van der Waals surface area contributed by atoms with Crippen LogP contribution in [0.5, 0.6) is 5.88 Å². The highest BCUT2D eigenvalue weighted by molar-refractivity contribution is 6.10. The van der Waals surface area contributed by atoms with Gasteiger partial charge in [-0.1, -0.05) is 12.1 Å². The van der Waals surface area contributed by atoms with Crippen LogP contribution < -0.4 is 15.0 Å². The van der Waals surface area contributed by atoms with Crippen LogP contribution in [-0.4, -0.2) is 30.5 Å². The maximum atomic E-state index is 12.5. The van der Waals surface area contributed by atoms with E-state index >= 15 is 0 Å². The molecule has 0 unspecified atom stereocenters. The smallest absolute Gasteiger partial charge is 0.257 e. The number of anilines is 2. The molecular weight excluding hydrogens is 294 g/mol. The summed E-state index contributed by atoms with van der Waals surface area (Å²) in [6.45, 7) is 0.646. The molecule has 118 valence electrons. The van der Waals surface area contributed by atoms with E-state index in [1.165, 1.54) is 13.3 Å². The minimum Gasteiger partial charge on any atom is -0.481 e. The van der Waals surface area contributed by atoms with E-state index in [-0.39, 0.29) is 11.8 Å². The van der Waals surface area contributed by atoms with Crippen molar-refractivity contribution in [3.05, 3.63) is 48.2 Å². The van der Waals surface area contributed by atoms with Crippen molar-refractivity contribution >= 4 is 23.2 Å². The van der Waals surface area contributed by atoms with Crippen LogP contribution in [0.15, 0.2) is 42.6 Å². The normalized spacial score (nSPS) is 14.0. The molecule has 1 fully saturated rings. The van der Waals surface area contributed by atoms with Gasteiger partial charge in [0.15, 0.2) is 0 Å². The van der Waals surface area contributed by atoms with Crippen LogP contribution in [0.4, 0.5) is 11.4 Å². The summed E-state index contributed by atoms with van der Waals surface area (Å²) in [6.07, 6.45) is 2.87. The molecule has 1 N–H and O–H groups in total. The molecule has 6 nitrogen and oxygen atoms in total. The van der Waals surface area contributed by atoms with Crippen LogP contribution in [0.1, 0.15) is 23.2 Å². The van der Waals surface area contributed by atoms with E-state index in [0.29, 0.717) is 35.8 Å². The molecule has 1 aromatic carbocycles. The van der Waals surface area contributed by atoms with Crippen LogP contribution >= 0.6 is 0 Å². The van der Waals surface area contributed by atoms with Crippen LogP contribution in [0.3, 0.4) is 0 Å². The van der Waals surface area contributed by atoms with Crippen molar-refractivity contribution in [2.45, 2.75) is 12.8 Å². The predicted molar refractivity (Wildman–Crippen MR) is 86.8 cm³/mol. The molecule has 0 spiro atoms. The van der Waals surface area contributed by atoms with Gasteiger partial charge in [0.25, 0.3) is 5.91 Å². The number of carbonyl (C=O) groups is 2. The number of nitrogens with zero attached hydrogens (tertiary/aromatic N) is 2. The first kappa shape index (κ1) is 15.0. The molecule has 1 aliphatic rings.